The summed E-state index contributed by atoms with van der Waals surface area (Å²) in [6.45, 7) is 8.14. The molecule has 1 N–H and O–H groups in total. The fourth-order valence-corrected chi connectivity index (χ4v) is 3.17. The van der Waals surface area contributed by atoms with Crippen molar-refractivity contribution < 1.29 is 9.47 Å². The minimum absolute atomic E-state index is 0.0678. The normalized spacial score (nSPS) is 31.1. The Balaban J connectivity index is 1.83. The maximum Gasteiger partial charge on any atom is 0.0746 e. The van der Waals surface area contributed by atoms with E-state index in [1.165, 1.54) is 25.7 Å². The molecule has 2 atom stereocenters. The first-order valence-corrected chi connectivity index (χ1v) is 6.94. The standard InChI is InChI=1S/C14H27NO2/c1-5-17-12-9-11(14(12)7-6-8-14)15-10-13(2,3)16-4/h11-12,15H,5-10H2,1-4H3. The summed E-state index contributed by atoms with van der Waals surface area (Å²) in [5.74, 6) is 0. The van der Waals surface area contributed by atoms with Crippen LogP contribution in [-0.4, -0.2) is 38.0 Å². The van der Waals surface area contributed by atoms with E-state index in [-0.39, 0.29) is 5.60 Å². The van der Waals surface area contributed by atoms with E-state index in [0.29, 0.717) is 17.6 Å². The lowest BCUT2D eigenvalue weighted by molar-refractivity contribution is -0.175. The van der Waals surface area contributed by atoms with E-state index in [1.807, 2.05) is 0 Å². The van der Waals surface area contributed by atoms with Crippen molar-refractivity contribution in [1.29, 1.82) is 0 Å². The molecule has 2 aliphatic carbocycles. The van der Waals surface area contributed by atoms with Crippen molar-refractivity contribution in [2.75, 3.05) is 20.3 Å². The van der Waals surface area contributed by atoms with Crippen LogP contribution in [0.3, 0.4) is 0 Å². The van der Waals surface area contributed by atoms with Gasteiger partial charge in [-0.2, -0.15) is 0 Å². The summed E-state index contributed by atoms with van der Waals surface area (Å²) < 4.78 is 11.3. The fraction of sp³-hybridized carbons (Fsp3) is 1.00. The van der Waals surface area contributed by atoms with Gasteiger partial charge in [-0.15, -0.1) is 0 Å². The monoisotopic (exact) mass is 241 g/mol. The third-order valence-corrected chi connectivity index (χ3v) is 4.76. The molecule has 2 aliphatic rings. The summed E-state index contributed by atoms with van der Waals surface area (Å²) in [6.07, 6.45) is 5.72. The first-order valence-electron chi connectivity index (χ1n) is 6.94. The molecule has 0 saturated heterocycles. The van der Waals surface area contributed by atoms with Gasteiger partial charge >= 0.3 is 0 Å². The molecule has 2 fully saturated rings. The van der Waals surface area contributed by atoms with E-state index in [2.05, 4.69) is 26.1 Å². The quantitative estimate of drug-likeness (QED) is 0.774. The number of hydrogen-bond donors (Lipinski definition) is 1. The molecule has 0 aromatic carbocycles. The third-order valence-electron chi connectivity index (χ3n) is 4.76. The van der Waals surface area contributed by atoms with Gasteiger partial charge < -0.3 is 14.8 Å². The van der Waals surface area contributed by atoms with Gasteiger partial charge in [-0.3, -0.25) is 0 Å². The van der Waals surface area contributed by atoms with Gasteiger partial charge in [-0.05, 0) is 40.0 Å². The van der Waals surface area contributed by atoms with Gasteiger partial charge in [0.15, 0.2) is 0 Å². The number of nitrogens with one attached hydrogen (secondary N) is 1. The summed E-state index contributed by atoms with van der Waals surface area (Å²) in [4.78, 5) is 0. The Labute approximate surface area is 105 Å². The number of ether oxygens (including phenoxy) is 2. The van der Waals surface area contributed by atoms with Crippen LogP contribution in [-0.2, 0) is 9.47 Å². The minimum atomic E-state index is -0.0678. The second kappa shape index (κ2) is 4.87. The molecular weight excluding hydrogens is 214 g/mol. The SMILES string of the molecule is CCOC1CC(NCC(C)(C)OC)C12CCC2. The van der Waals surface area contributed by atoms with E-state index in [0.717, 1.165) is 13.2 Å². The van der Waals surface area contributed by atoms with Crippen LogP contribution in [0.5, 0.6) is 0 Å². The Morgan fingerprint density at radius 3 is 2.53 bits per heavy atom. The highest BCUT2D eigenvalue weighted by Crippen LogP contribution is 2.57. The van der Waals surface area contributed by atoms with Gasteiger partial charge in [0.05, 0.1) is 11.7 Å². The molecule has 1 spiro atoms. The zero-order valence-corrected chi connectivity index (χ0v) is 11.7. The van der Waals surface area contributed by atoms with Gasteiger partial charge in [0.2, 0.25) is 0 Å². The van der Waals surface area contributed by atoms with Crippen LogP contribution in [0, 0.1) is 5.41 Å². The molecule has 0 aliphatic heterocycles. The summed E-state index contributed by atoms with van der Waals surface area (Å²) in [5.41, 5.74) is 0.390. The van der Waals surface area contributed by atoms with Crippen LogP contribution >= 0.6 is 0 Å². The molecule has 0 aromatic heterocycles. The molecule has 2 unspecified atom stereocenters. The predicted molar refractivity (Wildman–Crippen MR) is 69.2 cm³/mol. The van der Waals surface area contributed by atoms with Crippen molar-refractivity contribution in [3.8, 4) is 0 Å². The molecule has 100 valence electrons. The van der Waals surface area contributed by atoms with Crippen LogP contribution in [0.1, 0.15) is 46.5 Å². The van der Waals surface area contributed by atoms with Crippen molar-refractivity contribution in [3.63, 3.8) is 0 Å². The average Bonchev–Trinajstić information content (AvgIpc) is 2.20. The van der Waals surface area contributed by atoms with Crippen LogP contribution in [0.15, 0.2) is 0 Å². The fourth-order valence-electron chi connectivity index (χ4n) is 3.17. The van der Waals surface area contributed by atoms with Gasteiger partial charge in [0.1, 0.15) is 0 Å². The van der Waals surface area contributed by atoms with Crippen molar-refractivity contribution in [1.82, 2.24) is 5.32 Å². The first-order chi connectivity index (χ1) is 8.04. The Hall–Kier alpha value is -0.120. The number of hydrogen-bond acceptors (Lipinski definition) is 3. The lowest BCUT2D eigenvalue weighted by atomic mass is 9.51. The lowest BCUT2D eigenvalue weighted by Crippen LogP contribution is -2.67. The van der Waals surface area contributed by atoms with Crippen molar-refractivity contribution in [2.45, 2.75) is 64.2 Å². The molecule has 2 rings (SSSR count). The Morgan fingerprint density at radius 2 is 2.06 bits per heavy atom. The first kappa shape index (κ1) is 13.3. The third kappa shape index (κ3) is 2.38. The average molecular weight is 241 g/mol. The second-order valence-corrected chi connectivity index (χ2v) is 6.16. The number of rotatable bonds is 6. The molecule has 0 radical (unpaired) electrons. The summed E-state index contributed by atoms with van der Waals surface area (Å²) in [7, 11) is 1.78. The zero-order valence-electron chi connectivity index (χ0n) is 11.7. The minimum Gasteiger partial charge on any atom is -0.378 e. The highest BCUT2D eigenvalue weighted by Gasteiger charge is 2.58. The molecule has 0 bridgehead atoms. The Morgan fingerprint density at radius 1 is 1.35 bits per heavy atom. The largest absolute Gasteiger partial charge is 0.378 e. The highest BCUT2D eigenvalue weighted by molar-refractivity contribution is 5.12. The molecule has 2 saturated carbocycles. The van der Waals surface area contributed by atoms with E-state index >= 15 is 0 Å². The van der Waals surface area contributed by atoms with Crippen LogP contribution in [0.2, 0.25) is 0 Å². The van der Waals surface area contributed by atoms with Gasteiger partial charge in [0, 0.05) is 31.7 Å². The van der Waals surface area contributed by atoms with Crippen molar-refractivity contribution in [3.05, 3.63) is 0 Å². The van der Waals surface area contributed by atoms with Crippen molar-refractivity contribution >= 4 is 0 Å². The predicted octanol–water partition coefficient (Wildman–Crippen LogP) is 2.35. The molecule has 0 heterocycles. The molecule has 17 heavy (non-hydrogen) atoms. The van der Waals surface area contributed by atoms with E-state index in [9.17, 15) is 0 Å². The molecule has 3 heteroatoms. The topological polar surface area (TPSA) is 30.5 Å². The zero-order chi connectivity index (χ0) is 12.5. The summed E-state index contributed by atoms with van der Waals surface area (Å²) in [6, 6.07) is 0.641. The van der Waals surface area contributed by atoms with Crippen LogP contribution in [0.25, 0.3) is 0 Å². The summed E-state index contributed by atoms with van der Waals surface area (Å²) in [5, 5.41) is 3.69. The molecule has 0 amide bonds. The maximum atomic E-state index is 5.85. The van der Waals surface area contributed by atoms with Gasteiger partial charge in [-0.25, -0.2) is 0 Å². The smallest absolute Gasteiger partial charge is 0.0746 e. The van der Waals surface area contributed by atoms with E-state index in [1.54, 1.807) is 7.11 Å². The Bertz CT molecular complexity index is 261. The highest BCUT2D eigenvalue weighted by atomic mass is 16.5. The van der Waals surface area contributed by atoms with Gasteiger partial charge in [0.25, 0.3) is 0 Å². The number of methoxy groups -OCH3 is 1. The lowest BCUT2D eigenvalue weighted by Gasteiger charge is -2.61. The molecular formula is C14H27NO2. The molecule has 3 nitrogen and oxygen atoms in total. The van der Waals surface area contributed by atoms with E-state index in [4.69, 9.17) is 9.47 Å². The second-order valence-electron chi connectivity index (χ2n) is 6.16. The maximum absolute atomic E-state index is 5.85. The Kier molecular flexibility index (Phi) is 3.81. The summed E-state index contributed by atoms with van der Waals surface area (Å²) >= 11 is 0. The van der Waals surface area contributed by atoms with Crippen LogP contribution < -0.4 is 5.32 Å². The van der Waals surface area contributed by atoms with Crippen LogP contribution in [0.4, 0.5) is 0 Å². The van der Waals surface area contributed by atoms with Gasteiger partial charge in [-0.1, -0.05) is 6.42 Å². The van der Waals surface area contributed by atoms with Crippen molar-refractivity contribution in [2.24, 2.45) is 5.41 Å². The van der Waals surface area contributed by atoms with E-state index < -0.39 is 0 Å². The molecule has 0 aromatic rings.